The SMILES string of the molecule is CC(=O)CSc1n[nH]c(-c2cc(C(=O)O)ccc2F)n1. The number of thioether (sulfide) groups is 1. The smallest absolute Gasteiger partial charge is 0.335 e. The molecule has 2 rings (SSSR count). The van der Waals surface area contributed by atoms with E-state index in [1.54, 1.807) is 0 Å². The molecule has 0 spiro atoms. The number of nitrogens with zero attached hydrogens (tertiary/aromatic N) is 2. The third-order valence-electron chi connectivity index (χ3n) is 2.34. The Morgan fingerprint density at radius 3 is 2.85 bits per heavy atom. The zero-order valence-corrected chi connectivity index (χ0v) is 11.2. The predicted molar refractivity (Wildman–Crippen MR) is 70.1 cm³/mol. The van der Waals surface area contributed by atoms with Crippen LogP contribution in [-0.4, -0.2) is 37.8 Å². The normalized spacial score (nSPS) is 10.5. The van der Waals surface area contributed by atoms with Gasteiger partial charge in [-0.05, 0) is 25.1 Å². The van der Waals surface area contributed by atoms with Gasteiger partial charge in [0.05, 0.1) is 16.9 Å². The van der Waals surface area contributed by atoms with Gasteiger partial charge in [-0.3, -0.25) is 9.89 Å². The monoisotopic (exact) mass is 295 g/mol. The highest BCUT2D eigenvalue weighted by molar-refractivity contribution is 7.99. The Hall–Kier alpha value is -2.22. The van der Waals surface area contributed by atoms with Crippen LogP contribution in [0.15, 0.2) is 23.4 Å². The number of benzene rings is 1. The van der Waals surface area contributed by atoms with Crippen LogP contribution in [0.4, 0.5) is 4.39 Å². The summed E-state index contributed by atoms with van der Waals surface area (Å²) < 4.78 is 13.7. The molecule has 20 heavy (non-hydrogen) atoms. The van der Waals surface area contributed by atoms with Crippen molar-refractivity contribution in [1.82, 2.24) is 15.2 Å². The molecule has 0 atom stereocenters. The molecule has 0 fully saturated rings. The number of ketones is 1. The number of carbonyl (C=O) groups is 2. The van der Waals surface area contributed by atoms with Gasteiger partial charge in [-0.15, -0.1) is 5.10 Å². The van der Waals surface area contributed by atoms with Crippen LogP contribution in [0.3, 0.4) is 0 Å². The number of carbonyl (C=O) groups excluding carboxylic acids is 1. The zero-order valence-electron chi connectivity index (χ0n) is 10.4. The molecule has 6 nitrogen and oxygen atoms in total. The fraction of sp³-hybridized carbons (Fsp3) is 0.167. The second kappa shape index (κ2) is 5.83. The first-order valence-electron chi connectivity index (χ1n) is 5.55. The average molecular weight is 295 g/mol. The van der Waals surface area contributed by atoms with Crippen molar-refractivity contribution in [1.29, 1.82) is 0 Å². The molecule has 0 radical (unpaired) electrons. The quantitative estimate of drug-likeness (QED) is 0.819. The number of nitrogens with one attached hydrogen (secondary N) is 1. The maximum atomic E-state index is 13.7. The summed E-state index contributed by atoms with van der Waals surface area (Å²) >= 11 is 1.12. The van der Waals surface area contributed by atoms with Gasteiger partial charge in [0.15, 0.2) is 5.82 Å². The highest BCUT2D eigenvalue weighted by atomic mass is 32.2. The number of carboxylic acids is 1. The third-order valence-corrected chi connectivity index (χ3v) is 3.33. The van der Waals surface area contributed by atoms with Gasteiger partial charge in [0.1, 0.15) is 11.6 Å². The van der Waals surface area contributed by atoms with Crippen LogP contribution in [0.1, 0.15) is 17.3 Å². The molecule has 0 amide bonds. The van der Waals surface area contributed by atoms with Crippen LogP contribution in [0, 0.1) is 5.82 Å². The van der Waals surface area contributed by atoms with Crippen molar-refractivity contribution in [2.45, 2.75) is 12.1 Å². The number of hydrogen-bond donors (Lipinski definition) is 2. The van der Waals surface area contributed by atoms with E-state index >= 15 is 0 Å². The molecule has 8 heteroatoms. The lowest BCUT2D eigenvalue weighted by Crippen LogP contribution is -1.98. The van der Waals surface area contributed by atoms with E-state index in [1.807, 2.05) is 0 Å². The van der Waals surface area contributed by atoms with Crippen molar-refractivity contribution in [3.05, 3.63) is 29.6 Å². The van der Waals surface area contributed by atoms with Crippen LogP contribution in [0.5, 0.6) is 0 Å². The lowest BCUT2D eigenvalue weighted by molar-refractivity contribution is -0.114. The summed E-state index contributed by atoms with van der Waals surface area (Å²) in [5, 5.41) is 15.6. The van der Waals surface area contributed by atoms with E-state index in [1.165, 1.54) is 19.1 Å². The van der Waals surface area contributed by atoms with Gasteiger partial charge >= 0.3 is 5.97 Å². The lowest BCUT2D eigenvalue weighted by Gasteiger charge is -2.00. The molecule has 0 saturated heterocycles. The van der Waals surface area contributed by atoms with Crippen molar-refractivity contribution in [2.75, 3.05) is 5.75 Å². The summed E-state index contributed by atoms with van der Waals surface area (Å²) in [5.74, 6) is -1.45. The number of H-pyrrole nitrogens is 1. The summed E-state index contributed by atoms with van der Waals surface area (Å²) in [7, 11) is 0. The third kappa shape index (κ3) is 3.21. The number of aromatic nitrogens is 3. The molecular weight excluding hydrogens is 285 g/mol. The van der Waals surface area contributed by atoms with Crippen molar-refractivity contribution in [2.24, 2.45) is 0 Å². The first-order chi connectivity index (χ1) is 9.47. The summed E-state index contributed by atoms with van der Waals surface area (Å²) in [6.45, 7) is 1.44. The van der Waals surface area contributed by atoms with Gasteiger partial charge in [-0.1, -0.05) is 11.8 Å². The molecule has 1 aromatic carbocycles. The van der Waals surface area contributed by atoms with Crippen molar-refractivity contribution >= 4 is 23.5 Å². The fourth-order valence-electron chi connectivity index (χ4n) is 1.44. The second-order valence-electron chi connectivity index (χ2n) is 3.96. The van der Waals surface area contributed by atoms with E-state index in [0.29, 0.717) is 5.16 Å². The number of halogens is 1. The second-order valence-corrected chi connectivity index (χ2v) is 4.90. The fourth-order valence-corrected chi connectivity index (χ4v) is 2.04. The highest BCUT2D eigenvalue weighted by Gasteiger charge is 2.14. The van der Waals surface area contributed by atoms with E-state index in [0.717, 1.165) is 17.8 Å². The Morgan fingerprint density at radius 2 is 2.20 bits per heavy atom. The predicted octanol–water partition coefficient (Wildman–Crippen LogP) is 1.99. The molecule has 0 bridgehead atoms. The number of aromatic carboxylic acids is 1. The molecular formula is C12H10FN3O3S. The van der Waals surface area contributed by atoms with E-state index in [-0.39, 0.29) is 28.5 Å². The summed E-state index contributed by atoms with van der Waals surface area (Å²) in [5.41, 5.74) is -0.0252. The maximum Gasteiger partial charge on any atom is 0.335 e. The largest absolute Gasteiger partial charge is 0.478 e. The van der Waals surface area contributed by atoms with E-state index < -0.39 is 11.8 Å². The van der Waals surface area contributed by atoms with Crippen LogP contribution >= 0.6 is 11.8 Å². The van der Waals surface area contributed by atoms with Gasteiger partial charge in [-0.25, -0.2) is 14.2 Å². The van der Waals surface area contributed by atoms with Gasteiger partial charge in [0.2, 0.25) is 5.16 Å². The van der Waals surface area contributed by atoms with Gasteiger partial charge in [0, 0.05) is 0 Å². The van der Waals surface area contributed by atoms with Gasteiger partial charge in [-0.2, -0.15) is 0 Å². The van der Waals surface area contributed by atoms with Crippen LogP contribution in [0.2, 0.25) is 0 Å². The maximum absolute atomic E-state index is 13.7. The number of carboxylic acid groups (broad SMARTS) is 1. The lowest BCUT2D eigenvalue weighted by atomic mass is 10.1. The minimum absolute atomic E-state index is 0.0204. The summed E-state index contributed by atoms with van der Waals surface area (Å²) in [6, 6.07) is 3.41. The highest BCUT2D eigenvalue weighted by Crippen LogP contribution is 2.23. The molecule has 104 valence electrons. The van der Waals surface area contributed by atoms with Crippen LogP contribution in [0.25, 0.3) is 11.4 Å². The van der Waals surface area contributed by atoms with Gasteiger partial charge in [0.25, 0.3) is 0 Å². The van der Waals surface area contributed by atoms with Crippen LogP contribution in [-0.2, 0) is 4.79 Å². The van der Waals surface area contributed by atoms with E-state index in [2.05, 4.69) is 15.2 Å². The molecule has 2 N–H and O–H groups in total. The van der Waals surface area contributed by atoms with Crippen molar-refractivity contribution in [3.63, 3.8) is 0 Å². The molecule has 0 aliphatic heterocycles. The molecule has 0 aliphatic carbocycles. The first-order valence-corrected chi connectivity index (χ1v) is 6.54. The van der Waals surface area contributed by atoms with Crippen LogP contribution < -0.4 is 0 Å². The van der Waals surface area contributed by atoms with E-state index in [9.17, 15) is 14.0 Å². The zero-order chi connectivity index (χ0) is 14.7. The standard InChI is InChI=1S/C12H10FN3O3S/c1-6(17)5-20-12-14-10(15-16-12)8-4-7(11(18)19)2-3-9(8)13/h2-4H,5H2,1H3,(H,18,19)(H,14,15,16). The molecule has 0 unspecified atom stereocenters. The average Bonchev–Trinajstić information content (AvgIpc) is 2.85. The molecule has 2 aromatic rings. The van der Waals surface area contributed by atoms with Crippen molar-refractivity contribution in [3.8, 4) is 11.4 Å². The Bertz CT molecular complexity index is 672. The Morgan fingerprint density at radius 1 is 1.45 bits per heavy atom. The molecule has 0 saturated carbocycles. The molecule has 1 aromatic heterocycles. The molecule has 0 aliphatic rings. The number of aromatic amines is 1. The number of hydrogen-bond acceptors (Lipinski definition) is 5. The minimum Gasteiger partial charge on any atom is -0.478 e. The summed E-state index contributed by atoms with van der Waals surface area (Å²) in [4.78, 5) is 25.7. The Kier molecular flexibility index (Phi) is 4.14. The number of rotatable bonds is 5. The van der Waals surface area contributed by atoms with Crippen molar-refractivity contribution < 1.29 is 19.1 Å². The molecule has 1 heterocycles. The van der Waals surface area contributed by atoms with Gasteiger partial charge < -0.3 is 5.11 Å². The number of Topliss-reactive ketones (excluding diaryl/α,β-unsaturated/α-hetero) is 1. The topological polar surface area (TPSA) is 95.9 Å². The van der Waals surface area contributed by atoms with E-state index in [4.69, 9.17) is 5.11 Å². The minimum atomic E-state index is -1.16. The Labute approximate surface area is 117 Å². The summed E-state index contributed by atoms with van der Waals surface area (Å²) in [6.07, 6.45) is 0. The first kappa shape index (κ1) is 14.2. The Balaban J connectivity index is 2.29.